The minimum Gasteiger partial charge on any atom is -0.384 e. The molecule has 1 amide bonds. The smallest absolute Gasteiger partial charge is 0.227 e. The molecule has 0 aromatic rings. The van der Waals surface area contributed by atoms with E-state index in [4.69, 9.17) is 9.47 Å². The van der Waals surface area contributed by atoms with E-state index in [1.807, 2.05) is 0 Å². The topological polar surface area (TPSA) is 38.8 Å². The number of carbonyl (C=O) groups is 1. The zero-order valence-corrected chi connectivity index (χ0v) is 17.4. The minimum absolute atomic E-state index is 0.0457. The first-order chi connectivity index (χ1) is 11.7. The molecule has 2 aliphatic rings. The van der Waals surface area contributed by atoms with E-state index < -0.39 is 0 Å². The summed E-state index contributed by atoms with van der Waals surface area (Å²) >= 11 is 0. The third kappa shape index (κ3) is 4.21. The van der Waals surface area contributed by atoms with Crippen molar-refractivity contribution in [3.05, 3.63) is 0 Å². The van der Waals surface area contributed by atoms with Crippen molar-refractivity contribution in [3.8, 4) is 0 Å². The number of hydrogen-bond acceptors (Lipinski definition) is 3. The lowest BCUT2D eigenvalue weighted by molar-refractivity contribution is -0.149. The molecule has 2 heterocycles. The van der Waals surface area contributed by atoms with E-state index in [1.54, 1.807) is 7.11 Å². The highest BCUT2D eigenvalue weighted by molar-refractivity contribution is 5.81. The molecule has 0 spiro atoms. The zero-order valence-electron chi connectivity index (χ0n) is 17.4. The fraction of sp³-hybridized carbons (Fsp3) is 0.952. The van der Waals surface area contributed by atoms with Gasteiger partial charge in [0.25, 0.3) is 0 Å². The van der Waals surface area contributed by atoms with Crippen LogP contribution in [0.4, 0.5) is 0 Å². The number of rotatable bonds is 6. The van der Waals surface area contributed by atoms with Crippen LogP contribution in [0.3, 0.4) is 0 Å². The molecule has 4 nitrogen and oxygen atoms in total. The summed E-state index contributed by atoms with van der Waals surface area (Å²) in [5.74, 6) is 1.70. The molecule has 2 aliphatic heterocycles. The molecule has 0 bridgehead atoms. The molecular weight excluding hydrogens is 314 g/mol. The van der Waals surface area contributed by atoms with Gasteiger partial charge in [0.15, 0.2) is 0 Å². The summed E-state index contributed by atoms with van der Waals surface area (Å²) in [5.41, 5.74) is 0.0457. The maximum absolute atomic E-state index is 13.8. The van der Waals surface area contributed by atoms with Gasteiger partial charge >= 0.3 is 0 Å². The van der Waals surface area contributed by atoms with Crippen molar-refractivity contribution < 1.29 is 14.3 Å². The summed E-state index contributed by atoms with van der Waals surface area (Å²) in [7, 11) is 1.77. The molecule has 4 heteroatoms. The molecule has 2 saturated heterocycles. The number of ether oxygens (including phenoxy) is 2. The zero-order chi connectivity index (χ0) is 18.8. The average molecular weight is 354 g/mol. The Kier molecular flexibility index (Phi) is 6.94. The standard InChI is InChI=1S/C21H39NO3/c1-14(2)18-12-17(13-24-7)16(5)22(18)20(23)19(15(3)4)21(6)8-10-25-11-9-21/h14-19H,8-13H2,1-7H3/t16?,17?,18-,19?/m0/s1. The predicted molar refractivity (Wildman–Crippen MR) is 101 cm³/mol. The number of methoxy groups -OCH3 is 1. The second-order valence-electron chi connectivity index (χ2n) is 9.24. The highest BCUT2D eigenvalue weighted by Crippen LogP contribution is 2.45. The lowest BCUT2D eigenvalue weighted by Crippen LogP contribution is -2.52. The molecule has 0 aromatic carbocycles. The summed E-state index contributed by atoms with van der Waals surface area (Å²) < 4.78 is 11.0. The van der Waals surface area contributed by atoms with Gasteiger partial charge in [-0.2, -0.15) is 0 Å². The number of hydrogen-bond donors (Lipinski definition) is 0. The molecule has 0 aliphatic carbocycles. The van der Waals surface area contributed by atoms with Crippen LogP contribution in [0.2, 0.25) is 0 Å². The second kappa shape index (κ2) is 8.39. The summed E-state index contributed by atoms with van der Waals surface area (Å²) in [6.07, 6.45) is 3.03. The van der Waals surface area contributed by atoms with Gasteiger partial charge in [-0.25, -0.2) is 0 Å². The quantitative estimate of drug-likeness (QED) is 0.725. The van der Waals surface area contributed by atoms with Crippen molar-refractivity contribution in [2.45, 2.75) is 72.9 Å². The van der Waals surface area contributed by atoms with Gasteiger partial charge in [-0.05, 0) is 43.4 Å². The molecule has 0 N–H and O–H groups in total. The van der Waals surface area contributed by atoms with Crippen molar-refractivity contribution in [2.75, 3.05) is 26.9 Å². The number of carbonyl (C=O) groups excluding carboxylic acids is 1. The molecule has 146 valence electrons. The Balaban J connectivity index is 2.29. The fourth-order valence-corrected chi connectivity index (χ4v) is 5.23. The van der Waals surface area contributed by atoms with Crippen LogP contribution in [-0.2, 0) is 14.3 Å². The molecule has 0 radical (unpaired) electrons. The second-order valence-corrected chi connectivity index (χ2v) is 9.24. The molecule has 2 fully saturated rings. The van der Waals surface area contributed by atoms with Crippen LogP contribution >= 0.6 is 0 Å². The van der Waals surface area contributed by atoms with Crippen molar-refractivity contribution in [3.63, 3.8) is 0 Å². The van der Waals surface area contributed by atoms with E-state index in [0.29, 0.717) is 29.7 Å². The first kappa shape index (κ1) is 20.7. The number of amides is 1. The molecule has 0 saturated carbocycles. The van der Waals surface area contributed by atoms with Crippen molar-refractivity contribution in [1.29, 1.82) is 0 Å². The van der Waals surface area contributed by atoms with E-state index in [2.05, 4.69) is 46.4 Å². The Morgan fingerprint density at radius 2 is 1.84 bits per heavy atom. The van der Waals surface area contributed by atoms with Gasteiger partial charge in [0.05, 0.1) is 6.61 Å². The first-order valence-corrected chi connectivity index (χ1v) is 10.1. The Morgan fingerprint density at radius 3 is 2.32 bits per heavy atom. The van der Waals surface area contributed by atoms with Crippen LogP contribution in [0.1, 0.15) is 60.8 Å². The van der Waals surface area contributed by atoms with Gasteiger partial charge < -0.3 is 14.4 Å². The summed E-state index contributed by atoms with van der Waals surface area (Å²) in [6.45, 7) is 15.7. The number of likely N-dealkylation sites (tertiary alicyclic amines) is 1. The van der Waals surface area contributed by atoms with Gasteiger partial charge in [-0.15, -0.1) is 0 Å². The molecule has 25 heavy (non-hydrogen) atoms. The fourth-order valence-electron chi connectivity index (χ4n) is 5.23. The third-order valence-corrected chi connectivity index (χ3v) is 6.75. The average Bonchev–Trinajstić information content (AvgIpc) is 2.85. The van der Waals surface area contributed by atoms with E-state index in [-0.39, 0.29) is 17.4 Å². The largest absolute Gasteiger partial charge is 0.384 e. The summed E-state index contributed by atoms with van der Waals surface area (Å²) in [6, 6.07) is 0.580. The van der Waals surface area contributed by atoms with Gasteiger partial charge in [0.2, 0.25) is 5.91 Å². The Hall–Kier alpha value is -0.610. The highest BCUT2D eigenvalue weighted by atomic mass is 16.5. The van der Waals surface area contributed by atoms with Crippen LogP contribution in [0.15, 0.2) is 0 Å². The van der Waals surface area contributed by atoms with Crippen LogP contribution in [0.5, 0.6) is 0 Å². The highest BCUT2D eigenvalue weighted by Gasteiger charge is 2.49. The Labute approximate surface area is 154 Å². The predicted octanol–water partition coefficient (Wildman–Crippen LogP) is 3.98. The van der Waals surface area contributed by atoms with Gasteiger partial charge in [0, 0.05) is 44.2 Å². The monoisotopic (exact) mass is 353 g/mol. The summed E-state index contributed by atoms with van der Waals surface area (Å²) in [4.78, 5) is 16.0. The first-order valence-electron chi connectivity index (χ1n) is 10.1. The van der Waals surface area contributed by atoms with Crippen molar-refractivity contribution in [1.82, 2.24) is 4.90 Å². The van der Waals surface area contributed by atoms with E-state index in [0.717, 1.165) is 39.1 Å². The lowest BCUT2D eigenvalue weighted by Gasteiger charge is -2.45. The molecule has 0 aromatic heterocycles. The molecule has 4 atom stereocenters. The van der Waals surface area contributed by atoms with Crippen LogP contribution in [0.25, 0.3) is 0 Å². The van der Waals surface area contributed by atoms with E-state index in [9.17, 15) is 4.79 Å². The van der Waals surface area contributed by atoms with E-state index >= 15 is 0 Å². The van der Waals surface area contributed by atoms with Crippen molar-refractivity contribution in [2.24, 2.45) is 29.1 Å². The van der Waals surface area contributed by atoms with Crippen LogP contribution < -0.4 is 0 Å². The molecule has 2 rings (SSSR count). The summed E-state index contributed by atoms with van der Waals surface area (Å²) in [5, 5.41) is 0. The third-order valence-electron chi connectivity index (χ3n) is 6.75. The van der Waals surface area contributed by atoms with Gasteiger partial charge in [0.1, 0.15) is 0 Å². The minimum atomic E-state index is 0.0457. The van der Waals surface area contributed by atoms with E-state index in [1.165, 1.54) is 0 Å². The SMILES string of the molecule is COCC1C[C@@H](C(C)C)N(C(=O)C(C(C)C)C2(C)CCOCC2)C1C. The number of nitrogens with zero attached hydrogens (tertiary/aromatic N) is 1. The van der Waals surface area contributed by atoms with Crippen LogP contribution in [0, 0.1) is 29.1 Å². The Bertz CT molecular complexity index is 442. The maximum Gasteiger partial charge on any atom is 0.227 e. The van der Waals surface area contributed by atoms with Crippen molar-refractivity contribution >= 4 is 5.91 Å². The normalized spacial score (nSPS) is 30.9. The maximum atomic E-state index is 13.8. The molecule has 3 unspecified atom stereocenters. The lowest BCUT2D eigenvalue weighted by atomic mass is 9.66. The Morgan fingerprint density at radius 1 is 1.24 bits per heavy atom. The van der Waals surface area contributed by atoms with Crippen LogP contribution in [-0.4, -0.2) is 49.8 Å². The van der Waals surface area contributed by atoms with Gasteiger partial charge in [-0.3, -0.25) is 4.79 Å². The van der Waals surface area contributed by atoms with Gasteiger partial charge in [-0.1, -0.05) is 34.6 Å². The molecular formula is C21H39NO3.